The predicted octanol–water partition coefficient (Wildman–Crippen LogP) is 4.61. The van der Waals surface area contributed by atoms with Crippen LogP contribution in [-0.4, -0.2) is 81.5 Å². The second kappa shape index (κ2) is 14.7. The number of phenols is 3. The molecule has 3 aliphatic rings. The van der Waals surface area contributed by atoms with Crippen LogP contribution in [0.4, 0.5) is 5.69 Å². The molecule has 13 heteroatoms. The van der Waals surface area contributed by atoms with Gasteiger partial charge >= 0.3 is 11.8 Å². The molecule has 5 bridgehead atoms. The Kier molecular flexibility index (Phi) is 11.2. The zero-order chi connectivity index (χ0) is 37.4. The largest absolute Gasteiger partial charge is 0.507 e. The fraction of sp³-hybridized carbons (Fsp3) is 0.486. The number of amides is 1. The molecule has 3 aliphatic heterocycles. The van der Waals surface area contributed by atoms with Crippen molar-refractivity contribution in [3.63, 3.8) is 0 Å². The molecule has 2 aromatic carbocycles. The third-order valence-electron chi connectivity index (χ3n) is 10.1. The Morgan fingerprint density at radius 3 is 2.20 bits per heavy atom. The maximum atomic E-state index is 13.9. The number of aromatic hydroxyl groups is 3. The summed E-state index contributed by atoms with van der Waals surface area (Å²) >= 11 is 0. The highest BCUT2D eigenvalue weighted by Crippen LogP contribution is 2.53. The molecule has 0 radical (unpaired) electrons. The van der Waals surface area contributed by atoms with Crippen molar-refractivity contribution in [3.8, 4) is 23.0 Å². The van der Waals surface area contributed by atoms with Gasteiger partial charge in [-0.2, -0.15) is 0 Å². The molecule has 0 aliphatic carbocycles. The summed E-state index contributed by atoms with van der Waals surface area (Å²) in [7, 11) is 2.66. The van der Waals surface area contributed by atoms with Crippen molar-refractivity contribution in [2.45, 2.75) is 72.6 Å². The van der Waals surface area contributed by atoms with Crippen LogP contribution in [0.5, 0.6) is 23.0 Å². The molecule has 3 heterocycles. The fourth-order valence-electron chi connectivity index (χ4n) is 6.84. The second-order valence-electron chi connectivity index (χ2n) is 13.4. The smallest absolute Gasteiger partial charge is 0.312 e. The number of nitrogens with one attached hydrogen (secondary N) is 1. The first-order valence-electron chi connectivity index (χ1n) is 16.4. The van der Waals surface area contributed by atoms with E-state index in [2.05, 4.69) is 5.32 Å². The lowest BCUT2D eigenvalue weighted by Crippen LogP contribution is -2.45. The van der Waals surface area contributed by atoms with Crippen molar-refractivity contribution >= 4 is 34.1 Å². The number of phenolic OH excluding ortho intramolecular Hbond substituents is 3. The van der Waals surface area contributed by atoms with Gasteiger partial charge in [-0.25, -0.2) is 0 Å². The summed E-state index contributed by atoms with van der Waals surface area (Å²) in [4.78, 5) is 40.2. The number of carbonyl (C=O) groups excluding carboxylic acids is 3. The van der Waals surface area contributed by atoms with E-state index in [1.54, 1.807) is 39.8 Å². The normalized spacial score (nSPS) is 33.2. The third kappa shape index (κ3) is 6.77. The standard InChI is InChI=1S/C37H47NO12/c1-16-11-10-12-17(2)35(45)38-22-15-23(39)26-27(32(22)43)31(42)21(6)33-28(26)34(44)37(7,50-33)49-14-13-24(47-8)18(3)25(36(46)48-9)19(4)30(41)20(5)29(16)40/h10-16,18-20,24-25,29-30,39-43H,1-9H3,(H,38,45)/b11-10+,14-13+,17-12-/t16-,18+,19-,20-,24+,25+,29-,30-,37-/m0/s1. The van der Waals surface area contributed by atoms with Crippen LogP contribution >= 0.6 is 0 Å². The van der Waals surface area contributed by atoms with Crippen LogP contribution in [0.3, 0.4) is 0 Å². The highest BCUT2D eigenvalue weighted by Gasteiger charge is 2.49. The number of esters is 1. The maximum absolute atomic E-state index is 13.9. The Morgan fingerprint density at radius 2 is 1.58 bits per heavy atom. The van der Waals surface area contributed by atoms with E-state index in [1.165, 1.54) is 53.4 Å². The molecular weight excluding hydrogens is 650 g/mol. The molecule has 5 rings (SSSR count). The lowest BCUT2D eigenvalue weighted by Gasteiger charge is -2.37. The van der Waals surface area contributed by atoms with E-state index in [0.717, 1.165) is 6.07 Å². The van der Waals surface area contributed by atoms with Gasteiger partial charge in [-0.1, -0.05) is 45.9 Å². The number of allylic oxidation sites excluding steroid dienone is 2. The van der Waals surface area contributed by atoms with Gasteiger partial charge in [0, 0.05) is 48.5 Å². The summed E-state index contributed by atoms with van der Waals surface area (Å²) < 4.78 is 22.6. The van der Waals surface area contributed by atoms with Crippen LogP contribution in [0.1, 0.15) is 57.5 Å². The monoisotopic (exact) mass is 697 g/mol. The maximum Gasteiger partial charge on any atom is 0.312 e. The van der Waals surface area contributed by atoms with Gasteiger partial charge in [-0.15, -0.1) is 0 Å². The van der Waals surface area contributed by atoms with Gasteiger partial charge in [0.15, 0.2) is 5.75 Å². The summed E-state index contributed by atoms with van der Waals surface area (Å²) in [6.07, 6.45) is 4.39. The number of Topliss-reactive ketones (excluding diaryl/α,β-unsaturated/α-hetero) is 1. The number of fused-ring (bicyclic) bond motifs is 14. The molecule has 272 valence electrons. The number of anilines is 1. The van der Waals surface area contributed by atoms with Crippen molar-refractivity contribution in [2.75, 3.05) is 19.5 Å². The van der Waals surface area contributed by atoms with Crippen LogP contribution in [0.2, 0.25) is 0 Å². The minimum absolute atomic E-state index is 0.0736. The molecule has 0 unspecified atom stereocenters. The summed E-state index contributed by atoms with van der Waals surface area (Å²) in [5, 5.41) is 58.2. The number of ether oxygens (including phenoxy) is 4. The predicted molar refractivity (Wildman–Crippen MR) is 184 cm³/mol. The van der Waals surface area contributed by atoms with Crippen molar-refractivity contribution in [3.05, 3.63) is 53.3 Å². The number of benzene rings is 2. The molecule has 9 atom stereocenters. The Bertz CT molecular complexity index is 1760. The Hall–Kier alpha value is -4.59. The van der Waals surface area contributed by atoms with Crippen LogP contribution < -0.4 is 10.1 Å². The fourth-order valence-corrected chi connectivity index (χ4v) is 6.84. The van der Waals surface area contributed by atoms with Crippen LogP contribution in [0, 0.1) is 36.5 Å². The number of ketones is 1. The second-order valence-corrected chi connectivity index (χ2v) is 13.4. The Labute approximate surface area is 290 Å². The number of aliphatic hydroxyl groups excluding tert-OH is 2. The molecule has 1 amide bonds. The van der Waals surface area contributed by atoms with E-state index in [0.29, 0.717) is 0 Å². The highest BCUT2D eigenvalue weighted by atomic mass is 16.7. The number of aliphatic hydroxyl groups is 2. The lowest BCUT2D eigenvalue weighted by molar-refractivity contribution is -0.155. The molecule has 0 saturated carbocycles. The van der Waals surface area contributed by atoms with Gasteiger partial charge < -0.3 is 49.8 Å². The lowest BCUT2D eigenvalue weighted by atomic mass is 9.73. The molecular formula is C37H47NO12. The summed E-state index contributed by atoms with van der Waals surface area (Å²) in [6.45, 7) is 11.2. The first kappa shape index (κ1) is 38.2. The average molecular weight is 698 g/mol. The first-order valence-corrected chi connectivity index (χ1v) is 16.4. The van der Waals surface area contributed by atoms with Crippen LogP contribution in [0.25, 0.3) is 10.8 Å². The number of hydrogen-bond donors (Lipinski definition) is 6. The van der Waals surface area contributed by atoms with E-state index < -0.39 is 88.6 Å². The highest BCUT2D eigenvalue weighted by molar-refractivity contribution is 6.21. The number of methoxy groups -OCH3 is 2. The first-order chi connectivity index (χ1) is 23.4. The van der Waals surface area contributed by atoms with Gasteiger partial charge in [0.1, 0.15) is 17.2 Å². The summed E-state index contributed by atoms with van der Waals surface area (Å²) in [5.41, 5.74) is -0.105. The molecule has 6 N–H and O–H groups in total. The average Bonchev–Trinajstić information content (AvgIpc) is 3.34. The third-order valence-corrected chi connectivity index (χ3v) is 10.1. The molecule has 0 spiro atoms. The molecule has 0 saturated heterocycles. The van der Waals surface area contributed by atoms with E-state index in [4.69, 9.17) is 18.9 Å². The topological polar surface area (TPSA) is 201 Å². The Morgan fingerprint density at radius 1 is 0.920 bits per heavy atom. The summed E-state index contributed by atoms with van der Waals surface area (Å²) in [5.74, 6) is -9.04. The van der Waals surface area contributed by atoms with Crippen molar-refractivity contribution in [1.29, 1.82) is 0 Å². The zero-order valence-electron chi connectivity index (χ0n) is 29.7. The van der Waals surface area contributed by atoms with Crippen LogP contribution in [-0.2, 0) is 23.8 Å². The van der Waals surface area contributed by atoms with Crippen molar-refractivity contribution in [1.82, 2.24) is 0 Å². The van der Waals surface area contributed by atoms with Gasteiger partial charge in [0.05, 0.1) is 54.2 Å². The SMILES string of the molecule is COC(=O)[C@H]1[C@H](C)[C@H](O)[C@@H](C)[C@@H](O)[C@@H](C)/C=C/C=C(/C)C(=O)Nc2cc(O)c3c4c(c(C)c(O)c3c2O)O[C@](C)(O/C=C/[C@@H](OC)[C@H]1C)C4=O. The van der Waals surface area contributed by atoms with E-state index in [9.17, 15) is 39.9 Å². The van der Waals surface area contributed by atoms with Gasteiger partial charge in [-0.3, -0.25) is 14.4 Å². The minimum atomic E-state index is -1.99. The van der Waals surface area contributed by atoms with Gasteiger partial charge in [0.2, 0.25) is 0 Å². The van der Waals surface area contributed by atoms with E-state index in [1.807, 2.05) is 0 Å². The zero-order valence-corrected chi connectivity index (χ0v) is 29.7. The molecule has 2 aromatic rings. The quantitative estimate of drug-likeness (QED) is 0.145. The van der Waals surface area contributed by atoms with Crippen LogP contribution in [0.15, 0.2) is 42.2 Å². The Balaban J connectivity index is 1.88. The van der Waals surface area contributed by atoms with Crippen molar-refractivity contribution < 1.29 is 58.9 Å². The molecule has 13 nitrogen and oxygen atoms in total. The summed E-state index contributed by atoms with van der Waals surface area (Å²) in [6, 6.07) is 1.06. The van der Waals surface area contributed by atoms with Crippen molar-refractivity contribution in [2.24, 2.45) is 29.6 Å². The minimum Gasteiger partial charge on any atom is -0.507 e. The van der Waals surface area contributed by atoms with Gasteiger partial charge in [0.25, 0.3) is 11.7 Å². The van der Waals surface area contributed by atoms with E-state index >= 15 is 0 Å². The molecule has 0 aromatic heterocycles. The number of carbonyl (C=O) groups is 3. The number of hydrogen-bond acceptors (Lipinski definition) is 12. The molecule has 0 fully saturated rings. The van der Waals surface area contributed by atoms with E-state index in [-0.39, 0.29) is 38.9 Å². The number of rotatable bonds is 2. The molecule has 50 heavy (non-hydrogen) atoms. The van der Waals surface area contributed by atoms with Gasteiger partial charge in [-0.05, 0) is 31.8 Å².